The average molecular weight is 523 g/mol. The monoisotopic (exact) mass is 522 g/mol. The number of carbonyl (C=O) groups excluding carboxylic acids is 1. The van der Waals surface area contributed by atoms with Crippen molar-refractivity contribution in [1.82, 2.24) is 9.47 Å². The van der Waals surface area contributed by atoms with Gasteiger partial charge in [-0.2, -0.15) is 0 Å². The van der Waals surface area contributed by atoms with Gasteiger partial charge in [-0.15, -0.1) is 0 Å². The second-order valence-corrected chi connectivity index (χ2v) is 10.0. The Morgan fingerprint density at radius 2 is 1.95 bits per heavy atom. The minimum Gasteiger partial charge on any atom is -0.496 e. The van der Waals surface area contributed by atoms with Crippen molar-refractivity contribution >= 4 is 29.3 Å². The molecule has 0 amide bonds. The number of likely N-dealkylation sites (N-methyl/N-ethyl adjacent to an activating group) is 1. The number of anilines is 1. The fourth-order valence-corrected chi connectivity index (χ4v) is 5.75. The number of thiazole rings is 1. The van der Waals surface area contributed by atoms with Gasteiger partial charge in [0.2, 0.25) is 0 Å². The number of esters is 1. The quantitative estimate of drug-likeness (QED) is 0.459. The standard InChI is InChI=1S/C27H30N4O5S/c1-5-35-26(33)23-17(2)28-27-31(24(23)19-8-6-7-9-20(19)34-4)25(32)21(37-27)16-18-10-11-22(36-18)30-14-12-29(3)13-15-30/h6-11,16,24H,5,12-15H2,1-4H3/t24-/m1/s1. The van der Waals surface area contributed by atoms with Gasteiger partial charge in [-0.05, 0) is 33.0 Å². The molecule has 1 atom stereocenters. The average Bonchev–Trinajstić information content (AvgIpc) is 3.48. The molecule has 0 radical (unpaired) electrons. The number of allylic oxidation sites excluding steroid dienone is 1. The zero-order valence-electron chi connectivity index (χ0n) is 21.4. The molecule has 5 rings (SSSR count). The molecule has 1 aromatic carbocycles. The molecule has 0 bridgehead atoms. The Morgan fingerprint density at radius 1 is 1.19 bits per heavy atom. The number of rotatable bonds is 6. The Morgan fingerprint density at radius 3 is 2.68 bits per heavy atom. The van der Waals surface area contributed by atoms with E-state index in [1.807, 2.05) is 36.4 Å². The normalized spacial score (nSPS) is 18.5. The summed E-state index contributed by atoms with van der Waals surface area (Å²) < 4.78 is 19.1. The Labute approximate surface area is 218 Å². The third kappa shape index (κ3) is 4.74. The fourth-order valence-electron chi connectivity index (χ4n) is 4.72. The van der Waals surface area contributed by atoms with Gasteiger partial charge in [0.05, 0.1) is 29.5 Å². The summed E-state index contributed by atoms with van der Waals surface area (Å²) in [6.07, 6.45) is 1.74. The van der Waals surface area contributed by atoms with Crippen LogP contribution in [0.3, 0.4) is 0 Å². The van der Waals surface area contributed by atoms with E-state index >= 15 is 0 Å². The van der Waals surface area contributed by atoms with E-state index in [1.54, 1.807) is 31.6 Å². The maximum Gasteiger partial charge on any atom is 0.338 e. The number of hydrogen-bond acceptors (Lipinski definition) is 9. The van der Waals surface area contributed by atoms with Crippen molar-refractivity contribution in [3.8, 4) is 5.75 Å². The van der Waals surface area contributed by atoms with E-state index in [1.165, 1.54) is 11.3 Å². The van der Waals surface area contributed by atoms with Gasteiger partial charge < -0.3 is 23.7 Å². The Hall–Kier alpha value is -3.63. The molecular weight excluding hydrogens is 492 g/mol. The van der Waals surface area contributed by atoms with Crippen LogP contribution in [0.1, 0.15) is 31.2 Å². The molecule has 2 aliphatic heterocycles. The number of furan rings is 1. The van der Waals surface area contributed by atoms with Crippen LogP contribution in [0.4, 0.5) is 5.88 Å². The molecule has 1 fully saturated rings. The van der Waals surface area contributed by atoms with Crippen LogP contribution in [-0.4, -0.2) is 62.4 Å². The number of ether oxygens (including phenoxy) is 2. The van der Waals surface area contributed by atoms with Crippen LogP contribution in [-0.2, 0) is 9.53 Å². The molecule has 4 heterocycles. The van der Waals surface area contributed by atoms with Gasteiger partial charge in [0.15, 0.2) is 10.7 Å². The van der Waals surface area contributed by atoms with E-state index in [9.17, 15) is 9.59 Å². The largest absolute Gasteiger partial charge is 0.496 e. The zero-order chi connectivity index (χ0) is 26.1. The van der Waals surface area contributed by atoms with Crippen LogP contribution in [0.2, 0.25) is 0 Å². The van der Waals surface area contributed by atoms with Crippen LogP contribution in [0.5, 0.6) is 5.75 Å². The molecule has 2 aliphatic rings. The summed E-state index contributed by atoms with van der Waals surface area (Å²) in [5.41, 5.74) is 1.26. The fraction of sp³-hybridized carbons (Fsp3) is 0.370. The molecule has 0 saturated carbocycles. The molecule has 0 unspecified atom stereocenters. The van der Waals surface area contributed by atoms with Crippen LogP contribution in [0, 0.1) is 0 Å². The van der Waals surface area contributed by atoms with E-state index in [4.69, 9.17) is 13.9 Å². The van der Waals surface area contributed by atoms with Crippen molar-refractivity contribution < 1.29 is 18.7 Å². The number of carbonyl (C=O) groups is 1. The number of aromatic nitrogens is 1. The molecule has 1 saturated heterocycles. The van der Waals surface area contributed by atoms with Gasteiger partial charge in [-0.25, -0.2) is 9.79 Å². The first kappa shape index (κ1) is 25.0. The van der Waals surface area contributed by atoms with Crippen LogP contribution in [0.15, 0.2) is 61.9 Å². The van der Waals surface area contributed by atoms with E-state index in [-0.39, 0.29) is 12.2 Å². The highest BCUT2D eigenvalue weighted by atomic mass is 32.1. The lowest BCUT2D eigenvalue weighted by Gasteiger charge is -2.32. The molecular formula is C27H30N4O5S. The van der Waals surface area contributed by atoms with Crippen molar-refractivity contribution in [2.75, 3.05) is 51.8 Å². The predicted octanol–water partition coefficient (Wildman–Crippen LogP) is 2.15. The van der Waals surface area contributed by atoms with Crippen molar-refractivity contribution in [3.05, 3.63) is 78.7 Å². The SMILES string of the molecule is CCOC(=O)C1=C(C)N=c2sc(=Cc3ccc(N4CCN(C)CC4)o3)c(=O)n2[C@@H]1c1ccccc1OC. The van der Waals surface area contributed by atoms with Crippen molar-refractivity contribution in [3.63, 3.8) is 0 Å². The molecule has 2 aromatic heterocycles. The highest BCUT2D eigenvalue weighted by molar-refractivity contribution is 7.07. The number of piperazine rings is 1. The summed E-state index contributed by atoms with van der Waals surface area (Å²) in [7, 11) is 3.68. The maximum atomic E-state index is 13.8. The van der Waals surface area contributed by atoms with Gasteiger partial charge in [-0.1, -0.05) is 29.5 Å². The first-order valence-electron chi connectivity index (χ1n) is 12.3. The number of fused-ring (bicyclic) bond motifs is 1. The van der Waals surface area contributed by atoms with Gasteiger partial charge in [-0.3, -0.25) is 9.36 Å². The molecule has 0 aliphatic carbocycles. The maximum absolute atomic E-state index is 13.8. The van der Waals surface area contributed by atoms with Crippen LogP contribution >= 0.6 is 11.3 Å². The zero-order valence-corrected chi connectivity index (χ0v) is 22.2. The van der Waals surface area contributed by atoms with E-state index in [2.05, 4.69) is 21.8 Å². The highest BCUT2D eigenvalue weighted by Crippen LogP contribution is 2.35. The van der Waals surface area contributed by atoms with E-state index in [0.29, 0.717) is 37.7 Å². The number of para-hydroxylation sites is 1. The Balaban J connectivity index is 1.61. The Bertz CT molecular complexity index is 1520. The Kier molecular flexibility index (Phi) is 7.03. The second-order valence-electron chi connectivity index (χ2n) is 9.01. The highest BCUT2D eigenvalue weighted by Gasteiger charge is 2.35. The van der Waals surface area contributed by atoms with Gasteiger partial charge in [0, 0.05) is 43.9 Å². The van der Waals surface area contributed by atoms with Gasteiger partial charge >= 0.3 is 5.97 Å². The topological polar surface area (TPSA) is 89.5 Å². The lowest BCUT2D eigenvalue weighted by Crippen LogP contribution is -2.44. The van der Waals surface area contributed by atoms with E-state index < -0.39 is 12.0 Å². The summed E-state index contributed by atoms with van der Waals surface area (Å²) in [4.78, 5) is 36.5. The summed E-state index contributed by atoms with van der Waals surface area (Å²) >= 11 is 1.27. The molecule has 0 spiro atoms. The minimum atomic E-state index is -0.730. The lowest BCUT2D eigenvalue weighted by atomic mass is 9.95. The molecule has 194 valence electrons. The summed E-state index contributed by atoms with van der Waals surface area (Å²) in [5.74, 6) is 1.45. The number of methoxy groups -OCH3 is 1. The smallest absolute Gasteiger partial charge is 0.338 e. The van der Waals surface area contributed by atoms with E-state index in [0.717, 1.165) is 32.1 Å². The van der Waals surface area contributed by atoms with Crippen molar-refractivity contribution in [2.45, 2.75) is 19.9 Å². The number of benzene rings is 1. The lowest BCUT2D eigenvalue weighted by molar-refractivity contribution is -0.139. The third-order valence-electron chi connectivity index (χ3n) is 6.65. The van der Waals surface area contributed by atoms with Crippen LogP contribution in [0.25, 0.3) is 6.08 Å². The van der Waals surface area contributed by atoms with Crippen molar-refractivity contribution in [2.24, 2.45) is 4.99 Å². The summed E-state index contributed by atoms with van der Waals surface area (Å²) in [6.45, 7) is 7.45. The first-order chi connectivity index (χ1) is 17.9. The summed E-state index contributed by atoms with van der Waals surface area (Å²) in [6, 6.07) is 10.5. The predicted molar refractivity (Wildman–Crippen MR) is 142 cm³/mol. The van der Waals surface area contributed by atoms with Gasteiger partial charge in [0.1, 0.15) is 17.6 Å². The molecule has 10 heteroatoms. The van der Waals surface area contributed by atoms with Crippen molar-refractivity contribution in [1.29, 1.82) is 0 Å². The van der Waals surface area contributed by atoms with Gasteiger partial charge in [0.25, 0.3) is 5.56 Å². The molecule has 3 aromatic rings. The molecule has 0 N–H and O–H groups in total. The van der Waals surface area contributed by atoms with Crippen LogP contribution < -0.4 is 24.5 Å². The molecule has 9 nitrogen and oxygen atoms in total. The number of hydrogen-bond donors (Lipinski definition) is 0. The minimum absolute atomic E-state index is 0.215. The first-order valence-corrected chi connectivity index (χ1v) is 13.1. The molecule has 37 heavy (non-hydrogen) atoms. The third-order valence-corrected chi connectivity index (χ3v) is 7.63. The number of nitrogens with zero attached hydrogens (tertiary/aromatic N) is 4. The second kappa shape index (κ2) is 10.4. The summed E-state index contributed by atoms with van der Waals surface area (Å²) in [5, 5.41) is 0.